The predicted octanol–water partition coefficient (Wildman–Crippen LogP) is 6.34. The molecule has 3 aromatic carbocycles. The zero-order valence-corrected chi connectivity index (χ0v) is 20.8. The summed E-state index contributed by atoms with van der Waals surface area (Å²) in [6.07, 6.45) is 2.04. The van der Waals surface area contributed by atoms with Gasteiger partial charge in [0.15, 0.2) is 0 Å². The van der Waals surface area contributed by atoms with Crippen molar-refractivity contribution in [2.45, 2.75) is 32.3 Å². The highest BCUT2D eigenvalue weighted by atomic mass is 32.1. The number of aryl methyl sites for hydroxylation is 2. The van der Waals surface area contributed by atoms with Gasteiger partial charge in [0.1, 0.15) is 11.9 Å². The van der Waals surface area contributed by atoms with Crippen molar-refractivity contribution in [3.8, 4) is 11.1 Å². The molecule has 36 heavy (non-hydrogen) atoms. The third kappa shape index (κ3) is 5.26. The van der Waals surface area contributed by atoms with E-state index in [1.807, 2.05) is 12.1 Å². The van der Waals surface area contributed by atoms with Gasteiger partial charge in [-0.1, -0.05) is 42.5 Å². The standard InChI is InChI=1S/C29H27FN2O3S/c1-19(33)31-16-24-17-32(29(34)35-24)23-13-14-25(27(30)15-23)21-11-9-20(10-12-21)5-4-6-22-18-36-28-8-3-2-7-26(22)28/h2-3,7-15,18,24H,4-6,16-17H2,1H3,(H,31,33)/t24-/m0/s1. The summed E-state index contributed by atoms with van der Waals surface area (Å²) in [5, 5.41) is 6.24. The molecule has 1 aliphatic heterocycles. The highest BCUT2D eigenvalue weighted by molar-refractivity contribution is 7.17. The van der Waals surface area contributed by atoms with Crippen molar-refractivity contribution in [1.82, 2.24) is 5.32 Å². The molecule has 184 valence electrons. The Bertz CT molecular complexity index is 1400. The lowest BCUT2D eigenvalue weighted by molar-refractivity contribution is -0.119. The topological polar surface area (TPSA) is 58.6 Å². The molecule has 0 radical (unpaired) electrons. The van der Waals surface area contributed by atoms with Gasteiger partial charge in [-0.15, -0.1) is 11.3 Å². The number of benzene rings is 3. The molecule has 0 spiro atoms. The summed E-state index contributed by atoms with van der Waals surface area (Å²) in [7, 11) is 0. The van der Waals surface area contributed by atoms with E-state index in [2.05, 4.69) is 47.1 Å². The molecule has 1 atom stereocenters. The lowest BCUT2D eigenvalue weighted by Gasteiger charge is -2.15. The van der Waals surface area contributed by atoms with E-state index in [9.17, 15) is 9.59 Å². The first-order valence-electron chi connectivity index (χ1n) is 12.0. The second-order valence-corrected chi connectivity index (χ2v) is 9.94. The molecule has 0 unspecified atom stereocenters. The second kappa shape index (κ2) is 10.5. The van der Waals surface area contributed by atoms with Crippen molar-refractivity contribution in [1.29, 1.82) is 0 Å². The maximum atomic E-state index is 15.0. The number of nitrogens with zero attached hydrogens (tertiary/aromatic N) is 1. The molecular weight excluding hydrogens is 475 g/mol. The van der Waals surface area contributed by atoms with E-state index in [-0.39, 0.29) is 19.0 Å². The first-order valence-corrected chi connectivity index (χ1v) is 12.9. The lowest BCUT2D eigenvalue weighted by Crippen LogP contribution is -2.33. The number of cyclic esters (lactones) is 1. The highest BCUT2D eigenvalue weighted by Crippen LogP contribution is 2.30. The van der Waals surface area contributed by atoms with Crippen LogP contribution in [0.1, 0.15) is 24.5 Å². The summed E-state index contributed by atoms with van der Waals surface area (Å²) < 4.78 is 21.6. The van der Waals surface area contributed by atoms with Crippen LogP contribution in [0.25, 0.3) is 21.2 Å². The van der Waals surface area contributed by atoms with Gasteiger partial charge in [0.2, 0.25) is 5.91 Å². The van der Waals surface area contributed by atoms with Crippen LogP contribution in [0.3, 0.4) is 0 Å². The average Bonchev–Trinajstić information content (AvgIpc) is 3.46. The van der Waals surface area contributed by atoms with E-state index in [4.69, 9.17) is 4.74 Å². The van der Waals surface area contributed by atoms with Crippen LogP contribution in [-0.4, -0.2) is 31.2 Å². The van der Waals surface area contributed by atoms with Gasteiger partial charge in [-0.05, 0) is 71.0 Å². The Morgan fingerprint density at radius 3 is 2.69 bits per heavy atom. The molecule has 5 rings (SSSR count). The number of amides is 2. The fourth-order valence-electron chi connectivity index (χ4n) is 4.56. The summed E-state index contributed by atoms with van der Waals surface area (Å²) >= 11 is 1.79. The zero-order valence-electron chi connectivity index (χ0n) is 20.0. The molecule has 1 aromatic heterocycles. The predicted molar refractivity (Wildman–Crippen MR) is 142 cm³/mol. The van der Waals surface area contributed by atoms with Crippen LogP contribution in [0.5, 0.6) is 0 Å². The largest absolute Gasteiger partial charge is 0.442 e. The van der Waals surface area contributed by atoms with Crippen molar-refractivity contribution in [2.75, 3.05) is 18.0 Å². The molecule has 1 fully saturated rings. The van der Waals surface area contributed by atoms with Crippen molar-refractivity contribution in [3.63, 3.8) is 0 Å². The van der Waals surface area contributed by atoms with Gasteiger partial charge in [-0.2, -0.15) is 0 Å². The van der Waals surface area contributed by atoms with Gasteiger partial charge in [-0.3, -0.25) is 9.69 Å². The minimum atomic E-state index is -0.544. The van der Waals surface area contributed by atoms with E-state index >= 15 is 4.39 Å². The molecule has 2 heterocycles. The number of carbonyl (C=O) groups excluding carboxylic acids is 2. The second-order valence-electron chi connectivity index (χ2n) is 9.03. The van der Waals surface area contributed by atoms with E-state index in [0.29, 0.717) is 11.3 Å². The smallest absolute Gasteiger partial charge is 0.414 e. The van der Waals surface area contributed by atoms with Crippen LogP contribution < -0.4 is 10.2 Å². The van der Waals surface area contributed by atoms with Gasteiger partial charge in [-0.25, -0.2) is 9.18 Å². The van der Waals surface area contributed by atoms with E-state index in [1.54, 1.807) is 23.5 Å². The van der Waals surface area contributed by atoms with Crippen molar-refractivity contribution >= 4 is 39.1 Å². The third-order valence-electron chi connectivity index (χ3n) is 6.45. The molecule has 1 N–H and O–H groups in total. The Morgan fingerprint density at radius 2 is 1.92 bits per heavy atom. The Balaban J connectivity index is 1.20. The van der Waals surface area contributed by atoms with Crippen LogP contribution in [0.4, 0.5) is 14.9 Å². The number of fused-ring (bicyclic) bond motifs is 1. The van der Waals surface area contributed by atoms with E-state index in [0.717, 1.165) is 24.8 Å². The van der Waals surface area contributed by atoms with Gasteiger partial charge in [0.05, 0.1) is 18.8 Å². The number of anilines is 1. The van der Waals surface area contributed by atoms with Gasteiger partial charge in [0, 0.05) is 17.2 Å². The van der Waals surface area contributed by atoms with Gasteiger partial charge < -0.3 is 10.1 Å². The van der Waals surface area contributed by atoms with Crippen molar-refractivity contribution in [2.24, 2.45) is 0 Å². The number of rotatable bonds is 8. The van der Waals surface area contributed by atoms with Gasteiger partial charge in [0.25, 0.3) is 0 Å². The van der Waals surface area contributed by atoms with Crippen LogP contribution in [0, 0.1) is 5.82 Å². The Hall–Kier alpha value is -3.71. The summed E-state index contributed by atoms with van der Waals surface area (Å²) in [6.45, 7) is 1.89. The number of carbonyl (C=O) groups is 2. The molecule has 2 amide bonds. The minimum Gasteiger partial charge on any atom is -0.442 e. The average molecular weight is 503 g/mol. The molecule has 0 aliphatic carbocycles. The van der Waals surface area contributed by atoms with Crippen LogP contribution >= 0.6 is 11.3 Å². The number of hydrogen-bond donors (Lipinski definition) is 1. The van der Waals surface area contributed by atoms with Crippen LogP contribution in [0.15, 0.2) is 72.1 Å². The summed E-state index contributed by atoms with van der Waals surface area (Å²) in [5.74, 6) is -0.593. The number of nitrogens with one attached hydrogen (secondary N) is 1. The summed E-state index contributed by atoms with van der Waals surface area (Å²) in [4.78, 5) is 24.7. The fraction of sp³-hybridized carbons (Fsp3) is 0.241. The van der Waals surface area contributed by atoms with Crippen LogP contribution in [-0.2, 0) is 22.4 Å². The number of ether oxygens (including phenoxy) is 1. The SMILES string of the molecule is CC(=O)NC[C@H]1CN(c2ccc(-c3ccc(CCCc4csc5ccccc45)cc3)c(F)c2)C(=O)O1. The molecule has 0 bridgehead atoms. The first-order chi connectivity index (χ1) is 17.5. The van der Waals surface area contributed by atoms with Crippen molar-refractivity contribution in [3.05, 3.63) is 89.1 Å². The molecule has 4 aromatic rings. The monoisotopic (exact) mass is 502 g/mol. The number of halogens is 1. The Morgan fingerprint density at radius 1 is 1.11 bits per heavy atom. The minimum absolute atomic E-state index is 0.193. The Labute approximate surface area is 213 Å². The van der Waals surface area contributed by atoms with Gasteiger partial charge >= 0.3 is 6.09 Å². The quantitative estimate of drug-likeness (QED) is 0.306. The molecule has 5 nitrogen and oxygen atoms in total. The maximum Gasteiger partial charge on any atom is 0.414 e. The molecule has 7 heteroatoms. The normalized spacial score (nSPS) is 15.3. The third-order valence-corrected chi connectivity index (χ3v) is 7.47. The number of hydrogen-bond acceptors (Lipinski definition) is 4. The molecular formula is C29H27FN2O3S. The number of thiophene rings is 1. The fourth-order valence-corrected chi connectivity index (χ4v) is 5.56. The summed E-state index contributed by atoms with van der Waals surface area (Å²) in [6, 6.07) is 21.3. The summed E-state index contributed by atoms with van der Waals surface area (Å²) in [5.41, 5.74) is 4.33. The molecule has 1 aliphatic rings. The van der Waals surface area contributed by atoms with E-state index in [1.165, 1.54) is 39.1 Å². The first kappa shape index (κ1) is 24.0. The maximum absolute atomic E-state index is 15.0. The molecule has 1 saturated heterocycles. The van der Waals surface area contributed by atoms with Crippen LogP contribution in [0.2, 0.25) is 0 Å². The van der Waals surface area contributed by atoms with Crippen molar-refractivity contribution < 1.29 is 18.7 Å². The zero-order chi connectivity index (χ0) is 25.1. The molecule has 0 saturated carbocycles. The Kier molecular flexibility index (Phi) is 7.00. The van der Waals surface area contributed by atoms with E-state index < -0.39 is 18.0 Å². The lowest BCUT2D eigenvalue weighted by atomic mass is 9.99. The highest BCUT2D eigenvalue weighted by Gasteiger charge is 2.32.